The van der Waals surface area contributed by atoms with E-state index in [1.165, 1.54) is 25.7 Å². The van der Waals surface area contributed by atoms with Crippen molar-refractivity contribution < 1.29 is 4.74 Å². The second-order valence-corrected chi connectivity index (χ2v) is 6.11. The summed E-state index contributed by atoms with van der Waals surface area (Å²) in [6, 6.07) is 0. The Morgan fingerprint density at radius 1 is 1.47 bits per heavy atom. The van der Waals surface area contributed by atoms with Gasteiger partial charge < -0.3 is 15.4 Å². The predicted octanol–water partition coefficient (Wildman–Crippen LogP) is 2.47. The number of ether oxygens (including phenoxy) is 1. The van der Waals surface area contributed by atoms with E-state index in [9.17, 15) is 0 Å². The average Bonchev–Trinajstić information content (AvgIpc) is 3.14. The quantitative estimate of drug-likeness (QED) is 0.452. The highest BCUT2D eigenvalue weighted by Crippen LogP contribution is 2.48. The summed E-state index contributed by atoms with van der Waals surface area (Å²) in [5.41, 5.74) is 6.52. The normalized spacial score (nSPS) is 25.9. The van der Waals surface area contributed by atoms with Crippen molar-refractivity contribution in [1.82, 2.24) is 4.90 Å². The summed E-state index contributed by atoms with van der Waals surface area (Å²) in [7, 11) is 1.77. The average molecular weight is 381 g/mol. The van der Waals surface area contributed by atoms with Crippen molar-refractivity contribution in [3.8, 4) is 0 Å². The van der Waals surface area contributed by atoms with Gasteiger partial charge in [-0.05, 0) is 43.4 Å². The van der Waals surface area contributed by atoms with Crippen molar-refractivity contribution in [3.63, 3.8) is 0 Å². The third-order valence-corrected chi connectivity index (χ3v) is 4.35. The van der Waals surface area contributed by atoms with E-state index in [1.54, 1.807) is 7.11 Å². The van der Waals surface area contributed by atoms with Gasteiger partial charge in [-0.1, -0.05) is 6.92 Å². The number of nitrogens with two attached hydrogens (primary N) is 1. The molecule has 0 aromatic heterocycles. The van der Waals surface area contributed by atoms with Gasteiger partial charge in [-0.25, -0.2) is 0 Å². The minimum atomic E-state index is 0. The lowest BCUT2D eigenvalue weighted by atomic mass is 10.0. The lowest BCUT2D eigenvalue weighted by Gasteiger charge is -2.31. The van der Waals surface area contributed by atoms with Crippen LogP contribution in [0.15, 0.2) is 4.99 Å². The highest BCUT2D eigenvalue weighted by atomic mass is 127. The smallest absolute Gasteiger partial charge is 0.191 e. The first-order valence-electron chi connectivity index (χ1n) is 7.19. The molecule has 1 unspecified atom stereocenters. The molecule has 2 aliphatic rings. The van der Waals surface area contributed by atoms with Gasteiger partial charge in [-0.3, -0.25) is 4.99 Å². The topological polar surface area (TPSA) is 50.9 Å². The van der Waals surface area contributed by atoms with Gasteiger partial charge in [0.1, 0.15) is 0 Å². The molecule has 1 aliphatic heterocycles. The first kappa shape index (κ1) is 17.0. The summed E-state index contributed by atoms with van der Waals surface area (Å²) >= 11 is 0. The van der Waals surface area contributed by atoms with E-state index in [0.717, 1.165) is 44.5 Å². The second-order valence-electron chi connectivity index (χ2n) is 6.11. The fourth-order valence-electron chi connectivity index (χ4n) is 2.73. The number of guanidine groups is 1. The van der Waals surface area contributed by atoms with Gasteiger partial charge in [-0.15, -0.1) is 24.0 Å². The number of rotatable bonds is 5. The minimum Gasteiger partial charge on any atom is -0.385 e. The highest BCUT2D eigenvalue weighted by Gasteiger charge is 2.41. The van der Waals surface area contributed by atoms with Gasteiger partial charge in [0.05, 0.1) is 0 Å². The Morgan fingerprint density at radius 3 is 2.79 bits per heavy atom. The zero-order chi connectivity index (χ0) is 13.0. The van der Waals surface area contributed by atoms with Crippen LogP contribution >= 0.6 is 24.0 Å². The molecule has 2 fully saturated rings. The molecule has 4 nitrogen and oxygen atoms in total. The van der Waals surface area contributed by atoms with Crippen molar-refractivity contribution in [2.75, 3.05) is 33.4 Å². The molecule has 2 rings (SSSR count). The molecule has 1 atom stereocenters. The van der Waals surface area contributed by atoms with Crippen LogP contribution in [0.2, 0.25) is 0 Å². The molecule has 0 amide bonds. The van der Waals surface area contributed by atoms with E-state index >= 15 is 0 Å². The van der Waals surface area contributed by atoms with Crippen molar-refractivity contribution >= 4 is 29.9 Å². The molecule has 2 N–H and O–H groups in total. The summed E-state index contributed by atoms with van der Waals surface area (Å²) in [6.07, 6.45) is 6.25. The molecule has 1 heterocycles. The van der Waals surface area contributed by atoms with Crippen LogP contribution in [-0.2, 0) is 4.74 Å². The van der Waals surface area contributed by atoms with Gasteiger partial charge in [0.2, 0.25) is 0 Å². The Morgan fingerprint density at radius 2 is 2.21 bits per heavy atom. The summed E-state index contributed by atoms with van der Waals surface area (Å²) < 4.78 is 5.16. The lowest BCUT2D eigenvalue weighted by molar-refractivity contribution is 0.173. The molecule has 19 heavy (non-hydrogen) atoms. The molecule has 0 aromatic rings. The van der Waals surface area contributed by atoms with Gasteiger partial charge in [0, 0.05) is 33.4 Å². The predicted molar refractivity (Wildman–Crippen MR) is 90.0 cm³/mol. The Bertz CT molecular complexity index is 305. The van der Waals surface area contributed by atoms with E-state index in [4.69, 9.17) is 10.5 Å². The third kappa shape index (κ3) is 5.10. The molecule has 0 radical (unpaired) electrons. The Balaban J connectivity index is 0.00000180. The van der Waals surface area contributed by atoms with Crippen molar-refractivity contribution in [1.29, 1.82) is 0 Å². The molecule has 1 saturated carbocycles. The van der Waals surface area contributed by atoms with Crippen LogP contribution in [-0.4, -0.2) is 44.2 Å². The van der Waals surface area contributed by atoms with E-state index < -0.39 is 0 Å². The second kappa shape index (κ2) is 7.67. The number of hydrogen-bond donors (Lipinski definition) is 1. The first-order valence-corrected chi connectivity index (χ1v) is 7.19. The maximum atomic E-state index is 6.12. The number of piperidine rings is 1. The fourth-order valence-corrected chi connectivity index (χ4v) is 2.73. The van der Waals surface area contributed by atoms with Gasteiger partial charge in [-0.2, -0.15) is 0 Å². The van der Waals surface area contributed by atoms with E-state index in [-0.39, 0.29) is 24.0 Å². The lowest BCUT2D eigenvalue weighted by Crippen LogP contribution is -2.43. The van der Waals surface area contributed by atoms with Crippen LogP contribution in [0.3, 0.4) is 0 Å². The zero-order valence-electron chi connectivity index (χ0n) is 12.2. The van der Waals surface area contributed by atoms with Crippen LogP contribution in [0, 0.1) is 11.3 Å². The Kier molecular flexibility index (Phi) is 6.86. The standard InChI is InChI=1S/C14H27N3O.HI/c1-12-4-3-8-17(10-12)13(15)16-11-14(5-6-14)7-9-18-2;/h12H,3-11H2,1-2H3,(H2,15,16);1H. The molecule has 1 saturated heterocycles. The Labute approximate surface area is 134 Å². The van der Waals surface area contributed by atoms with Crippen molar-refractivity contribution in [2.24, 2.45) is 22.1 Å². The summed E-state index contributed by atoms with van der Waals surface area (Å²) in [5.74, 6) is 1.50. The monoisotopic (exact) mass is 381 g/mol. The number of halogens is 1. The maximum Gasteiger partial charge on any atom is 0.191 e. The van der Waals surface area contributed by atoms with E-state index in [2.05, 4.69) is 16.8 Å². The molecule has 5 heteroatoms. The van der Waals surface area contributed by atoms with Crippen molar-refractivity contribution in [2.45, 2.75) is 39.0 Å². The Hall–Kier alpha value is -0.0400. The molecule has 0 spiro atoms. The molecule has 0 bridgehead atoms. The van der Waals surface area contributed by atoms with Crippen LogP contribution in [0.25, 0.3) is 0 Å². The van der Waals surface area contributed by atoms with Gasteiger partial charge in [0.15, 0.2) is 5.96 Å². The third-order valence-electron chi connectivity index (χ3n) is 4.35. The number of hydrogen-bond acceptors (Lipinski definition) is 2. The number of likely N-dealkylation sites (tertiary alicyclic amines) is 1. The molecular weight excluding hydrogens is 353 g/mol. The molecule has 1 aliphatic carbocycles. The maximum absolute atomic E-state index is 6.12. The van der Waals surface area contributed by atoms with Crippen LogP contribution in [0.5, 0.6) is 0 Å². The minimum absolute atomic E-state index is 0. The van der Waals surface area contributed by atoms with Crippen molar-refractivity contribution in [3.05, 3.63) is 0 Å². The van der Waals surface area contributed by atoms with Crippen LogP contribution < -0.4 is 5.73 Å². The zero-order valence-corrected chi connectivity index (χ0v) is 14.6. The SMILES string of the molecule is COCCC1(CN=C(N)N2CCCC(C)C2)CC1.I. The largest absolute Gasteiger partial charge is 0.385 e. The highest BCUT2D eigenvalue weighted by molar-refractivity contribution is 14.0. The number of aliphatic imine (C=N–C) groups is 1. The van der Waals surface area contributed by atoms with Crippen LogP contribution in [0.1, 0.15) is 39.0 Å². The fraction of sp³-hybridized carbons (Fsp3) is 0.929. The summed E-state index contributed by atoms with van der Waals surface area (Å²) in [4.78, 5) is 6.88. The van der Waals surface area contributed by atoms with Gasteiger partial charge in [0.25, 0.3) is 0 Å². The van der Waals surface area contributed by atoms with Gasteiger partial charge >= 0.3 is 0 Å². The summed E-state index contributed by atoms with van der Waals surface area (Å²) in [5, 5.41) is 0. The molecule has 0 aromatic carbocycles. The molecular formula is C14H28IN3O. The van der Waals surface area contributed by atoms with E-state index in [1.807, 2.05) is 0 Å². The van der Waals surface area contributed by atoms with Crippen LogP contribution in [0.4, 0.5) is 0 Å². The number of nitrogens with zero attached hydrogens (tertiary/aromatic N) is 2. The first-order chi connectivity index (χ1) is 8.65. The van der Waals surface area contributed by atoms with E-state index in [0.29, 0.717) is 5.41 Å². The molecule has 112 valence electrons. The summed E-state index contributed by atoms with van der Waals surface area (Å²) in [6.45, 7) is 6.16. The number of methoxy groups -OCH3 is 1.